The van der Waals surface area contributed by atoms with Crippen LogP contribution in [0.1, 0.15) is 19.3 Å². The highest BCUT2D eigenvalue weighted by Crippen LogP contribution is 2.33. The molecule has 0 amide bonds. The molecule has 1 saturated carbocycles. The molecular weight excluding hydrogens is 449 g/mol. The molecule has 170 valence electrons. The van der Waals surface area contributed by atoms with E-state index in [9.17, 15) is 26.7 Å². The zero-order chi connectivity index (χ0) is 22.6. The number of pyridine rings is 1. The molecule has 2 N–H and O–H groups in total. The van der Waals surface area contributed by atoms with Gasteiger partial charge in [-0.3, -0.25) is 0 Å². The molecule has 2 fully saturated rings. The summed E-state index contributed by atoms with van der Waals surface area (Å²) in [4.78, 5) is 7.74. The Hall–Kier alpha value is -2.77. The largest absolute Gasteiger partial charge is 0.390 e. The summed E-state index contributed by atoms with van der Waals surface area (Å²) in [5.41, 5.74) is -0.359. The summed E-state index contributed by atoms with van der Waals surface area (Å²) < 4.78 is 68.9. The van der Waals surface area contributed by atoms with Crippen LogP contribution in [-0.4, -0.2) is 67.9 Å². The van der Waals surface area contributed by atoms with Gasteiger partial charge in [0.15, 0.2) is 11.6 Å². The lowest BCUT2D eigenvalue weighted by Gasteiger charge is -2.35. The first-order valence-electron chi connectivity index (χ1n) is 10.0. The van der Waals surface area contributed by atoms with Crippen molar-refractivity contribution in [2.24, 2.45) is 0 Å². The standard InChI is InChI=1S/C19H19F3N6O3S/c20-10-5-13(22)18(23-7-10)15-6-12(21)16-8-24-19(26-28(15)16)25-14-3-4-27(9-17(14)29)32(30,31)11-1-2-11/h5-8,11,14,17,29H,1-4,9H2,(H,25,26)/t14-,17-/m1/s1. The third-order valence-electron chi connectivity index (χ3n) is 5.68. The first kappa shape index (κ1) is 21.1. The zero-order valence-corrected chi connectivity index (χ0v) is 17.4. The number of nitrogens with zero attached hydrogens (tertiary/aromatic N) is 5. The summed E-state index contributed by atoms with van der Waals surface area (Å²) in [5, 5.41) is 17.3. The lowest BCUT2D eigenvalue weighted by atomic mass is 10.0. The minimum atomic E-state index is -3.39. The maximum Gasteiger partial charge on any atom is 0.241 e. The Balaban J connectivity index is 1.40. The molecule has 1 aliphatic heterocycles. The van der Waals surface area contributed by atoms with Crippen molar-refractivity contribution >= 4 is 21.5 Å². The van der Waals surface area contributed by atoms with Crippen LogP contribution in [0.25, 0.3) is 16.9 Å². The number of piperidine rings is 1. The van der Waals surface area contributed by atoms with E-state index < -0.39 is 39.6 Å². The molecule has 0 bridgehead atoms. The predicted octanol–water partition coefficient (Wildman–Crippen LogP) is 1.55. The third kappa shape index (κ3) is 3.69. The fourth-order valence-corrected chi connectivity index (χ4v) is 5.71. The number of rotatable bonds is 5. The Kier molecular flexibility index (Phi) is 5.06. The molecule has 0 aromatic carbocycles. The van der Waals surface area contributed by atoms with E-state index in [1.54, 1.807) is 0 Å². The van der Waals surface area contributed by atoms with E-state index in [2.05, 4.69) is 20.4 Å². The Labute approximate surface area is 181 Å². The number of sulfonamides is 1. The van der Waals surface area contributed by atoms with Crippen LogP contribution in [0.15, 0.2) is 24.5 Å². The summed E-state index contributed by atoms with van der Waals surface area (Å²) in [5.74, 6) is -2.53. The zero-order valence-electron chi connectivity index (χ0n) is 16.6. The highest BCUT2D eigenvalue weighted by atomic mass is 32.2. The van der Waals surface area contributed by atoms with Crippen molar-refractivity contribution in [2.75, 3.05) is 18.4 Å². The van der Waals surface area contributed by atoms with Crippen LogP contribution in [0, 0.1) is 17.5 Å². The summed E-state index contributed by atoms with van der Waals surface area (Å²) in [6.07, 6.45) is 2.60. The van der Waals surface area contributed by atoms with E-state index in [-0.39, 0.29) is 41.2 Å². The maximum absolute atomic E-state index is 14.3. The van der Waals surface area contributed by atoms with Crippen LogP contribution < -0.4 is 5.32 Å². The predicted molar refractivity (Wildman–Crippen MR) is 108 cm³/mol. The van der Waals surface area contributed by atoms with Crippen LogP contribution in [0.5, 0.6) is 0 Å². The summed E-state index contributed by atoms with van der Waals surface area (Å²) in [6, 6.07) is 1.12. The first-order valence-corrected chi connectivity index (χ1v) is 11.5. The average Bonchev–Trinajstić information content (AvgIpc) is 3.55. The van der Waals surface area contributed by atoms with Gasteiger partial charge in [0.25, 0.3) is 0 Å². The highest BCUT2D eigenvalue weighted by Gasteiger charge is 2.43. The van der Waals surface area contributed by atoms with Crippen LogP contribution in [0.2, 0.25) is 0 Å². The van der Waals surface area contributed by atoms with Gasteiger partial charge in [-0.15, -0.1) is 5.10 Å². The Morgan fingerprint density at radius 1 is 1.06 bits per heavy atom. The Bertz CT molecular complexity index is 1300. The third-order valence-corrected chi connectivity index (χ3v) is 8.05. The average molecular weight is 468 g/mol. The molecule has 13 heteroatoms. The summed E-state index contributed by atoms with van der Waals surface area (Å²) >= 11 is 0. The molecule has 2 atom stereocenters. The summed E-state index contributed by atoms with van der Waals surface area (Å²) in [6.45, 7) is 0.191. The minimum absolute atomic E-state index is 0.0272. The molecule has 1 aliphatic carbocycles. The van der Waals surface area contributed by atoms with Gasteiger partial charge in [-0.25, -0.2) is 36.1 Å². The number of hydrogen-bond donors (Lipinski definition) is 2. The second kappa shape index (κ2) is 7.67. The molecule has 0 unspecified atom stereocenters. The minimum Gasteiger partial charge on any atom is -0.390 e. The number of anilines is 1. The number of hydrogen-bond acceptors (Lipinski definition) is 7. The van der Waals surface area contributed by atoms with Gasteiger partial charge in [-0.05, 0) is 19.3 Å². The molecular formula is C19H19F3N6O3S. The Morgan fingerprint density at radius 2 is 1.84 bits per heavy atom. The quantitative estimate of drug-likeness (QED) is 0.584. The van der Waals surface area contributed by atoms with Gasteiger partial charge < -0.3 is 10.4 Å². The van der Waals surface area contributed by atoms with Crippen molar-refractivity contribution in [1.82, 2.24) is 23.9 Å². The van der Waals surface area contributed by atoms with Gasteiger partial charge in [-0.1, -0.05) is 0 Å². The molecule has 4 heterocycles. The summed E-state index contributed by atoms with van der Waals surface area (Å²) in [7, 11) is -3.39. The fourth-order valence-electron chi connectivity index (χ4n) is 3.84. The lowest BCUT2D eigenvalue weighted by molar-refractivity contribution is 0.0946. The van der Waals surface area contributed by atoms with Crippen LogP contribution in [0.3, 0.4) is 0 Å². The van der Waals surface area contributed by atoms with Crippen LogP contribution >= 0.6 is 0 Å². The van der Waals surface area contributed by atoms with Crippen LogP contribution in [-0.2, 0) is 10.0 Å². The topological polar surface area (TPSA) is 113 Å². The van der Waals surface area contributed by atoms with Gasteiger partial charge in [-0.2, -0.15) is 4.31 Å². The number of β-amino-alcohol motifs (C(OH)–C–C–N with tert-alkyl or cyclic N) is 1. The van der Waals surface area contributed by atoms with Crippen molar-refractivity contribution in [3.05, 3.63) is 42.0 Å². The van der Waals surface area contributed by atoms with E-state index in [4.69, 9.17) is 0 Å². The van der Waals surface area contributed by atoms with Crippen molar-refractivity contribution in [3.8, 4) is 11.4 Å². The van der Waals surface area contributed by atoms with E-state index in [1.165, 1.54) is 10.5 Å². The fraction of sp³-hybridized carbons (Fsp3) is 0.421. The van der Waals surface area contributed by atoms with Crippen molar-refractivity contribution in [3.63, 3.8) is 0 Å². The van der Waals surface area contributed by atoms with E-state index in [0.717, 1.165) is 16.8 Å². The smallest absolute Gasteiger partial charge is 0.241 e. The second-order valence-electron chi connectivity index (χ2n) is 7.95. The molecule has 3 aromatic heterocycles. The number of aliphatic hydroxyl groups is 1. The molecule has 9 nitrogen and oxygen atoms in total. The number of aromatic nitrogens is 4. The monoisotopic (exact) mass is 468 g/mol. The van der Waals surface area contributed by atoms with Gasteiger partial charge in [0.1, 0.15) is 17.0 Å². The lowest BCUT2D eigenvalue weighted by Crippen LogP contribution is -2.52. The normalized spacial score (nSPS) is 22.4. The van der Waals surface area contributed by atoms with Crippen molar-refractivity contribution < 1.29 is 26.7 Å². The van der Waals surface area contributed by atoms with Crippen LogP contribution in [0.4, 0.5) is 19.1 Å². The Morgan fingerprint density at radius 3 is 2.53 bits per heavy atom. The van der Waals surface area contributed by atoms with Gasteiger partial charge in [0, 0.05) is 25.2 Å². The first-order chi connectivity index (χ1) is 15.2. The van der Waals surface area contributed by atoms with E-state index >= 15 is 0 Å². The van der Waals surface area contributed by atoms with Gasteiger partial charge in [0.2, 0.25) is 16.0 Å². The SMILES string of the molecule is O=S(=O)(C1CC1)N1CC[C@@H](Nc2ncc3c(F)cc(-c4ncc(F)cc4F)n3n2)[C@H](O)C1. The highest BCUT2D eigenvalue weighted by molar-refractivity contribution is 7.90. The van der Waals surface area contributed by atoms with E-state index in [0.29, 0.717) is 25.3 Å². The van der Waals surface area contributed by atoms with Gasteiger partial charge in [0.05, 0.1) is 35.5 Å². The number of fused-ring (bicyclic) bond motifs is 1. The number of aliphatic hydroxyl groups excluding tert-OH is 1. The molecule has 3 aromatic rings. The maximum atomic E-state index is 14.3. The van der Waals surface area contributed by atoms with E-state index in [1.807, 2.05) is 0 Å². The number of halogens is 3. The number of nitrogens with one attached hydrogen (secondary N) is 1. The molecule has 2 aliphatic rings. The molecule has 1 saturated heterocycles. The van der Waals surface area contributed by atoms with Crippen molar-refractivity contribution in [1.29, 1.82) is 0 Å². The molecule has 0 radical (unpaired) electrons. The molecule has 32 heavy (non-hydrogen) atoms. The second-order valence-corrected chi connectivity index (χ2v) is 10.2. The molecule has 5 rings (SSSR count). The van der Waals surface area contributed by atoms with Crippen molar-refractivity contribution in [2.45, 2.75) is 36.7 Å². The van der Waals surface area contributed by atoms with Gasteiger partial charge >= 0.3 is 0 Å². The molecule has 0 spiro atoms.